The van der Waals surface area contributed by atoms with Gasteiger partial charge in [0, 0.05) is 74.0 Å². The Morgan fingerprint density at radius 1 is 1.12 bits per heavy atom. The lowest BCUT2D eigenvalue weighted by atomic mass is 9.84. The second-order valence-electron chi connectivity index (χ2n) is 18.2. The number of tetrazole rings is 1. The van der Waals surface area contributed by atoms with Crippen molar-refractivity contribution in [1.29, 1.82) is 0 Å². The van der Waals surface area contributed by atoms with Gasteiger partial charge in [0.25, 0.3) is 5.91 Å². The van der Waals surface area contributed by atoms with Crippen molar-refractivity contribution >= 4 is 40.5 Å². The van der Waals surface area contributed by atoms with E-state index in [0.717, 1.165) is 33.4 Å². The number of nitrogens with one attached hydrogen (secondary N) is 2. The minimum atomic E-state index is -1.23. The van der Waals surface area contributed by atoms with Crippen molar-refractivity contribution < 1.29 is 33.4 Å². The summed E-state index contributed by atoms with van der Waals surface area (Å²) in [5.74, 6) is -2.61. The lowest BCUT2D eigenvalue weighted by molar-refractivity contribution is -0.155. The van der Waals surface area contributed by atoms with E-state index in [9.17, 15) is 24.0 Å². The van der Waals surface area contributed by atoms with Crippen LogP contribution in [-0.4, -0.2) is 133 Å². The van der Waals surface area contributed by atoms with E-state index in [1.54, 1.807) is 25.3 Å². The fraction of sp³-hybridized carbons (Fsp3) is 0.543. The second kappa shape index (κ2) is 19.0. The van der Waals surface area contributed by atoms with Crippen LogP contribution in [0.15, 0.2) is 49.2 Å². The van der Waals surface area contributed by atoms with E-state index in [0.29, 0.717) is 50.2 Å². The molecule has 2 fully saturated rings. The number of benzene rings is 1. The van der Waals surface area contributed by atoms with Crippen LogP contribution in [0.25, 0.3) is 33.5 Å². The van der Waals surface area contributed by atoms with Crippen molar-refractivity contribution in [3.05, 3.63) is 60.4 Å². The molecule has 0 radical (unpaired) electrons. The van der Waals surface area contributed by atoms with E-state index in [4.69, 9.17) is 19.6 Å². The van der Waals surface area contributed by atoms with Crippen LogP contribution in [0.5, 0.6) is 0 Å². The first kappa shape index (κ1) is 46.0. The number of carbonyl (C=O) groups excluding carboxylic acids is 5. The minimum Gasteiger partial charge on any atom is -0.464 e. The zero-order valence-electron chi connectivity index (χ0n) is 38.2. The van der Waals surface area contributed by atoms with Gasteiger partial charge in [0.15, 0.2) is 0 Å². The number of amides is 4. The molecule has 3 aromatic heterocycles. The van der Waals surface area contributed by atoms with Crippen molar-refractivity contribution in [3.8, 4) is 22.6 Å². The molecule has 2 N–H and O–H groups in total. The first-order valence-corrected chi connectivity index (χ1v) is 22.2. The van der Waals surface area contributed by atoms with Crippen molar-refractivity contribution in [3.63, 3.8) is 0 Å². The monoisotopic (exact) mass is 879 g/mol. The summed E-state index contributed by atoms with van der Waals surface area (Å²) in [6.07, 6.45) is 4.64. The molecule has 7 rings (SSSR count). The zero-order valence-corrected chi connectivity index (χ0v) is 38.2. The largest absolute Gasteiger partial charge is 0.464 e. The number of pyridine rings is 1. The summed E-state index contributed by atoms with van der Waals surface area (Å²) in [7, 11) is 3.24. The number of esters is 1. The lowest BCUT2D eigenvalue weighted by Gasteiger charge is -2.36. The highest BCUT2D eigenvalue weighted by Crippen LogP contribution is 2.41. The van der Waals surface area contributed by atoms with Gasteiger partial charge in [0.1, 0.15) is 18.1 Å². The number of hydrazine groups is 1. The fourth-order valence-electron chi connectivity index (χ4n) is 9.32. The van der Waals surface area contributed by atoms with E-state index < -0.39 is 47.2 Å². The maximum atomic E-state index is 14.5. The quantitative estimate of drug-likeness (QED) is 0.173. The average molecular weight is 880 g/mol. The Hall–Kier alpha value is -6.01. The SMILES string of the molecule is C=CC(=O)N1CC[C@H](C(=O)N(C)C(C(=O)N[C@H]2Cn3nnc(n3)-c3ccc4c(c3)c(c(-c3cccnc3[C@H](C)OC)n4CC)CC(C)(C)COC(=O)[C@@H]3CCCN(N3)C2=O)C(C)C)C1. The Labute approximate surface area is 373 Å². The lowest BCUT2D eigenvalue weighted by Crippen LogP contribution is -2.62. The van der Waals surface area contributed by atoms with Crippen molar-refractivity contribution in [2.75, 3.05) is 40.4 Å². The Kier molecular flexibility index (Phi) is 13.6. The number of ether oxygens (including phenoxy) is 2. The highest BCUT2D eigenvalue weighted by atomic mass is 16.5. The standard InChI is InChI=1S/C46H61N11O7/c1-10-37(58)54-21-18-30(24-54)43(60)53(8)39(27(3)4)42(59)48-35-25-57-51-41(49-52-57)29-16-17-36-32(22-29)33(40(55(36)11-2)31-14-12-19-47-38(31)28(5)63-9)23-46(6,7)26-64-45(62)34-15-13-20-56(50-34)44(35)61/h10,12,14,16-17,19,22,27-28,30,34-35,39,50H,1,11,13,15,18,20-21,23-26H2,2-9H3,(H,48,59)/t28-,30-,34-,35-,39?/m0/s1. The zero-order chi connectivity index (χ0) is 46.0. The molecule has 2 saturated heterocycles. The van der Waals surface area contributed by atoms with E-state index in [-0.39, 0.29) is 50.1 Å². The highest BCUT2D eigenvalue weighted by Gasteiger charge is 2.40. The van der Waals surface area contributed by atoms with Crippen LogP contribution in [0.3, 0.4) is 0 Å². The van der Waals surface area contributed by atoms with E-state index in [1.807, 2.05) is 45.0 Å². The van der Waals surface area contributed by atoms with Gasteiger partial charge in [-0.1, -0.05) is 34.3 Å². The molecule has 18 heteroatoms. The van der Waals surface area contributed by atoms with E-state index in [1.165, 1.54) is 20.8 Å². The molecule has 18 nitrogen and oxygen atoms in total. The van der Waals surface area contributed by atoms with Gasteiger partial charge in [-0.3, -0.25) is 34.0 Å². The maximum Gasteiger partial charge on any atom is 0.324 e. The number of likely N-dealkylation sites (tertiary alicyclic amines) is 1. The van der Waals surface area contributed by atoms with Crippen LogP contribution in [0.1, 0.15) is 78.2 Å². The van der Waals surface area contributed by atoms with Crippen LogP contribution in [-0.2, 0) is 53.0 Å². The topological polar surface area (TPSA) is 199 Å². The van der Waals surface area contributed by atoms with Gasteiger partial charge in [-0.25, -0.2) is 5.43 Å². The smallest absolute Gasteiger partial charge is 0.324 e. The van der Waals surface area contributed by atoms with Gasteiger partial charge in [-0.05, 0) is 92.6 Å². The molecule has 0 spiro atoms. The highest BCUT2D eigenvalue weighted by molar-refractivity contribution is 5.95. The fourth-order valence-corrected chi connectivity index (χ4v) is 9.32. The predicted octanol–water partition coefficient (Wildman–Crippen LogP) is 3.71. The number of fused-ring (bicyclic) bond motifs is 6. The summed E-state index contributed by atoms with van der Waals surface area (Å²) in [5.41, 5.74) is 8.00. The summed E-state index contributed by atoms with van der Waals surface area (Å²) in [6, 6.07) is 7.00. The first-order chi connectivity index (χ1) is 30.5. The molecule has 5 atom stereocenters. The Morgan fingerprint density at radius 3 is 2.62 bits per heavy atom. The molecule has 3 aliphatic heterocycles. The number of aryl methyl sites for hydroxylation is 1. The predicted molar refractivity (Wildman–Crippen MR) is 238 cm³/mol. The molecule has 1 aromatic carbocycles. The molecule has 1 unspecified atom stereocenters. The number of nitrogens with zero attached hydrogens (tertiary/aromatic N) is 9. The normalized spacial score (nSPS) is 21.3. The number of hydrogen-bond acceptors (Lipinski definition) is 12. The number of hydrogen-bond donors (Lipinski definition) is 2. The molecule has 64 heavy (non-hydrogen) atoms. The van der Waals surface area contributed by atoms with Gasteiger partial charge in [-0.15, -0.1) is 10.2 Å². The van der Waals surface area contributed by atoms with Crippen LogP contribution in [0, 0.1) is 17.3 Å². The molecule has 4 aromatic rings. The third kappa shape index (κ3) is 9.29. The molecule has 3 aliphatic rings. The van der Waals surface area contributed by atoms with E-state index >= 15 is 0 Å². The molecule has 0 aliphatic carbocycles. The third-order valence-electron chi connectivity index (χ3n) is 12.7. The minimum absolute atomic E-state index is 0.102. The number of cyclic esters (lactones) is 1. The Morgan fingerprint density at radius 2 is 1.91 bits per heavy atom. The second-order valence-corrected chi connectivity index (χ2v) is 18.2. The molecule has 6 bridgehead atoms. The third-order valence-corrected chi connectivity index (χ3v) is 12.7. The first-order valence-electron chi connectivity index (χ1n) is 22.2. The summed E-state index contributed by atoms with van der Waals surface area (Å²) >= 11 is 0. The number of carbonyl (C=O) groups is 5. The van der Waals surface area contributed by atoms with Crippen molar-refractivity contribution in [2.24, 2.45) is 17.3 Å². The molecular weight excluding hydrogens is 819 g/mol. The number of aromatic nitrogens is 6. The van der Waals surface area contributed by atoms with Crippen LogP contribution in [0.4, 0.5) is 0 Å². The van der Waals surface area contributed by atoms with Gasteiger partial charge >= 0.3 is 5.97 Å². The van der Waals surface area contributed by atoms with Crippen LogP contribution < -0.4 is 10.7 Å². The molecule has 4 amide bonds. The summed E-state index contributed by atoms with van der Waals surface area (Å²) in [5, 5.41) is 18.8. The van der Waals surface area contributed by atoms with Crippen molar-refractivity contribution in [2.45, 2.75) is 105 Å². The Bertz CT molecular complexity index is 2420. The molecule has 6 heterocycles. The summed E-state index contributed by atoms with van der Waals surface area (Å²) in [4.78, 5) is 77.9. The van der Waals surface area contributed by atoms with Crippen molar-refractivity contribution in [1.82, 2.24) is 55.3 Å². The number of methoxy groups -OCH3 is 1. The number of rotatable bonds is 10. The van der Waals surface area contributed by atoms with E-state index in [2.05, 4.69) is 59.0 Å². The number of likely N-dealkylation sites (N-methyl/N-ethyl adjacent to an activating group) is 1. The average Bonchev–Trinajstić information content (AvgIpc) is 4.05. The molecular formula is C46H61N11O7. The van der Waals surface area contributed by atoms with Gasteiger partial charge in [0.2, 0.25) is 23.5 Å². The molecule has 342 valence electrons. The summed E-state index contributed by atoms with van der Waals surface area (Å²) in [6.45, 7) is 16.9. The van der Waals surface area contributed by atoms with Gasteiger partial charge in [-0.2, -0.15) is 4.80 Å². The maximum absolute atomic E-state index is 14.5. The Balaban J connectivity index is 1.27. The molecule has 0 saturated carbocycles. The van der Waals surface area contributed by atoms with Crippen LogP contribution in [0.2, 0.25) is 0 Å². The van der Waals surface area contributed by atoms with Crippen LogP contribution >= 0.6 is 0 Å². The van der Waals surface area contributed by atoms with Gasteiger partial charge < -0.3 is 29.2 Å². The van der Waals surface area contributed by atoms with Gasteiger partial charge in [0.05, 0.1) is 36.6 Å². The summed E-state index contributed by atoms with van der Waals surface area (Å²) < 4.78 is 14.1.